The van der Waals surface area contributed by atoms with E-state index in [0.29, 0.717) is 6.42 Å². The fourth-order valence-electron chi connectivity index (χ4n) is 3.19. The van der Waals surface area contributed by atoms with Gasteiger partial charge in [0, 0.05) is 23.0 Å². The molecule has 3 rings (SSSR count). The zero-order chi connectivity index (χ0) is 14.1. The monoisotopic (exact) mass is 270 g/mol. The minimum atomic E-state index is -0.228. The molecule has 0 spiro atoms. The molecular formula is C17H22N2O. The van der Waals surface area contributed by atoms with E-state index in [1.165, 1.54) is 59.7 Å². The van der Waals surface area contributed by atoms with Gasteiger partial charge in [0.05, 0.1) is 0 Å². The predicted octanol–water partition coefficient (Wildman–Crippen LogP) is 3.10. The Hall–Kier alpha value is -1.77. The van der Waals surface area contributed by atoms with Crippen LogP contribution in [0.1, 0.15) is 42.9 Å². The largest absolute Gasteiger partial charge is 0.369 e. The number of primary amides is 1. The molecule has 1 heterocycles. The lowest BCUT2D eigenvalue weighted by Gasteiger charge is -2.09. The molecule has 0 aliphatic heterocycles. The topological polar surface area (TPSA) is 58.9 Å². The number of nitrogens with two attached hydrogens (primary N) is 1. The molecule has 2 aromatic rings. The Balaban J connectivity index is 1.99. The summed E-state index contributed by atoms with van der Waals surface area (Å²) >= 11 is 0. The van der Waals surface area contributed by atoms with E-state index >= 15 is 0 Å². The van der Waals surface area contributed by atoms with E-state index in [2.05, 4.69) is 17.1 Å². The van der Waals surface area contributed by atoms with Crippen LogP contribution in [0.4, 0.5) is 0 Å². The third-order valence-corrected chi connectivity index (χ3v) is 4.49. The Kier molecular flexibility index (Phi) is 3.51. The number of hydrogen-bond acceptors (Lipinski definition) is 1. The molecular weight excluding hydrogens is 248 g/mol. The maximum atomic E-state index is 11.3. The second-order valence-corrected chi connectivity index (χ2v) is 6.05. The highest BCUT2D eigenvalue weighted by Crippen LogP contribution is 2.28. The quantitative estimate of drug-likeness (QED) is 0.827. The molecule has 1 aromatic carbocycles. The maximum absolute atomic E-state index is 11.3. The molecule has 20 heavy (non-hydrogen) atoms. The van der Waals surface area contributed by atoms with Crippen molar-refractivity contribution in [1.29, 1.82) is 0 Å². The normalized spacial score (nSPS) is 16.6. The van der Waals surface area contributed by atoms with Gasteiger partial charge in [-0.2, -0.15) is 0 Å². The summed E-state index contributed by atoms with van der Waals surface area (Å²) in [6.45, 7) is 1.89. The molecule has 3 N–H and O–H groups in total. The summed E-state index contributed by atoms with van der Waals surface area (Å²) in [5.41, 5.74) is 10.8. The molecule has 1 atom stereocenters. The average molecular weight is 270 g/mol. The second kappa shape index (κ2) is 5.31. The summed E-state index contributed by atoms with van der Waals surface area (Å²) in [6, 6.07) is 4.63. The van der Waals surface area contributed by atoms with Crippen LogP contribution in [0, 0.1) is 5.92 Å². The van der Waals surface area contributed by atoms with E-state index in [4.69, 9.17) is 5.73 Å². The van der Waals surface area contributed by atoms with E-state index in [-0.39, 0.29) is 11.8 Å². The number of aromatic amines is 1. The number of H-pyrrole nitrogens is 1. The lowest BCUT2D eigenvalue weighted by atomic mass is 9.96. The maximum Gasteiger partial charge on any atom is 0.220 e. The molecule has 0 saturated heterocycles. The van der Waals surface area contributed by atoms with Crippen LogP contribution in [0.2, 0.25) is 0 Å². The minimum absolute atomic E-state index is 0.118. The zero-order valence-electron chi connectivity index (χ0n) is 12.0. The standard InChI is InChI=1S/C17H22N2O/c1-11(17(18)20)7-14-10-19-16-9-13-6-4-2-3-5-12(13)8-15(14)16/h8-11,19H,2-7H2,1H3,(H2,18,20). The number of benzene rings is 1. The first-order valence-corrected chi connectivity index (χ1v) is 7.56. The molecule has 0 bridgehead atoms. The number of hydrogen-bond donors (Lipinski definition) is 2. The molecule has 1 aliphatic rings. The Morgan fingerprint density at radius 3 is 2.65 bits per heavy atom. The molecule has 1 amide bonds. The highest BCUT2D eigenvalue weighted by molar-refractivity contribution is 5.86. The SMILES string of the molecule is CC(Cc1c[nH]c2cc3c(cc12)CCCCC3)C(N)=O. The van der Waals surface area contributed by atoms with E-state index in [1.807, 2.05) is 13.1 Å². The van der Waals surface area contributed by atoms with Crippen LogP contribution in [0.15, 0.2) is 18.3 Å². The van der Waals surface area contributed by atoms with Gasteiger partial charge >= 0.3 is 0 Å². The lowest BCUT2D eigenvalue weighted by Crippen LogP contribution is -2.22. The summed E-state index contributed by atoms with van der Waals surface area (Å²) in [5.74, 6) is -0.345. The van der Waals surface area contributed by atoms with Crippen molar-refractivity contribution in [2.24, 2.45) is 11.7 Å². The van der Waals surface area contributed by atoms with Gasteiger partial charge in [-0.3, -0.25) is 4.79 Å². The summed E-state index contributed by atoms with van der Waals surface area (Å²) in [7, 11) is 0. The summed E-state index contributed by atoms with van der Waals surface area (Å²) in [6.07, 6.45) is 9.03. The second-order valence-electron chi connectivity index (χ2n) is 6.05. The minimum Gasteiger partial charge on any atom is -0.369 e. The Labute approximate surface area is 119 Å². The third-order valence-electron chi connectivity index (χ3n) is 4.49. The first-order valence-electron chi connectivity index (χ1n) is 7.56. The number of nitrogens with one attached hydrogen (secondary N) is 1. The van der Waals surface area contributed by atoms with Gasteiger partial charge in [0.25, 0.3) is 0 Å². The van der Waals surface area contributed by atoms with Gasteiger partial charge in [0.1, 0.15) is 0 Å². The first-order chi connectivity index (χ1) is 9.65. The number of fused-ring (bicyclic) bond motifs is 2. The van der Waals surface area contributed by atoms with Crippen molar-refractivity contribution in [1.82, 2.24) is 4.98 Å². The van der Waals surface area contributed by atoms with E-state index < -0.39 is 0 Å². The van der Waals surface area contributed by atoms with Gasteiger partial charge in [0.2, 0.25) is 5.91 Å². The van der Waals surface area contributed by atoms with Crippen molar-refractivity contribution < 1.29 is 4.79 Å². The third kappa shape index (κ3) is 2.45. The van der Waals surface area contributed by atoms with Gasteiger partial charge < -0.3 is 10.7 Å². The van der Waals surface area contributed by atoms with Gasteiger partial charge in [0.15, 0.2) is 0 Å². The van der Waals surface area contributed by atoms with Gasteiger partial charge in [-0.15, -0.1) is 0 Å². The smallest absolute Gasteiger partial charge is 0.220 e. The van der Waals surface area contributed by atoms with Crippen molar-refractivity contribution in [3.63, 3.8) is 0 Å². The van der Waals surface area contributed by atoms with Crippen molar-refractivity contribution in [3.8, 4) is 0 Å². The Bertz CT molecular complexity index is 642. The molecule has 1 aromatic heterocycles. The van der Waals surface area contributed by atoms with Gasteiger partial charge in [-0.1, -0.05) is 13.3 Å². The predicted molar refractivity (Wildman–Crippen MR) is 81.6 cm³/mol. The van der Waals surface area contributed by atoms with Crippen LogP contribution in [-0.4, -0.2) is 10.9 Å². The number of aryl methyl sites for hydroxylation is 2. The molecule has 0 radical (unpaired) electrons. The van der Waals surface area contributed by atoms with Crippen LogP contribution < -0.4 is 5.73 Å². The number of rotatable bonds is 3. The van der Waals surface area contributed by atoms with Crippen LogP contribution in [0.3, 0.4) is 0 Å². The number of carbonyl (C=O) groups excluding carboxylic acids is 1. The molecule has 0 saturated carbocycles. The Morgan fingerprint density at radius 2 is 1.95 bits per heavy atom. The van der Waals surface area contributed by atoms with E-state index in [0.717, 1.165) is 0 Å². The molecule has 106 valence electrons. The summed E-state index contributed by atoms with van der Waals surface area (Å²) in [4.78, 5) is 14.6. The van der Waals surface area contributed by atoms with Crippen molar-refractivity contribution in [2.45, 2.75) is 45.4 Å². The van der Waals surface area contributed by atoms with E-state index in [9.17, 15) is 4.79 Å². The van der Waals surface area contributed by atoms with Crippen LogP contribution >= 0.6 is 0 Å². The molecule has 0 fully saturated rings. The van der Waals surface area contributed by atoms with Crippen molar-refractivity contribution in [3.05, 3.63) is 35.0 Å². The van der Waals surface area contributed by atoms with Crippen molar-refractivity contribution in [2.75, 3.05) is 0 Å². The average Bonchev–Trinajstić information content (AvgIpc) is 2.66. The van der Waals surface area contributed by atoms with Crippen LogP contribution in [0.25, 0.3) is 10.9 Å². The van der Waals surface area contributed by atoms with Crippen LogP contribution in [-0.2, 0) is 24.1 Å². The highest BCUT2D eigenvalue weighted by atomic mass is 16.1. The van der Waals surface area contributed by atoms with Crippen molar-refractivity contribution >= 4 is 16.8 Å². The molecule has 3 nitrogen and oxygen atoms in total. The van der Waals surface area contributed by atoms with Crippen LogP contribution in [0.5, 0.6) is 0 Å². The highest BCUT2D eigenvalue weighted by Gasteiger charge is 2.15. The molecule has 3 heteroatoms. The fourth-order valence-corrected chi connectivity index (χ4v) is 3.19. The number of carbonyl (C=O) groups is 1. The Morgan fingerprint density at radius 1 is 1.25 bits per heavy atom. The molecule has 1 unspecified atom stereocenters. The fraction of sp³-hybridized carbons (Fsp3) is 0.471. The first kappa shape index (κ1) is 13.2. The van der Waals surface area contributed by atoms with Gasteiger partial charge in [-0.05, 0) is 60.9 Å². The summed E-state index contributed by atoms with van der Waals surface area (Å²) < 4.78 is 0. The molecule has 1 aliphatic carbocycles. The number of amides is 1. The summed E-state index contributed by atoms with van der Waals surface area (Å²) in [5, 5.41) is 1.26. The zero-order valence-corrected chi connectivity index (χ0v) is 12.0. The van der Waals surface area contributed by atoms with E-state index in [1.54, 1.807) is 0 Å². The van der Waals surface area contributed by atoms with Gasteiger partial charge in [-0.25, -0.2) is 0 Å². The lowest BCUT2D eigenvalue weighted by molar-refractivity contribution is -0.121. The number of aromatic nitrogens is 1.